The van der Waals surface area contributed by atoms with Crippen molar-refractivity contribution in [3.63, 3.8) is 0 Å². The molecule has 8 heteroatoms. The van der Waals surface area contributed by atoms with Gasteiger partial charge in [0, 0.05) is 23.1 Å². The van der Waals surface area contributed by atoms with E-state index in [-0.39, 0.29) is 11.3 Å². The number of hydrogen-bond donors (Lipinski definition) is 1. The molecule has 208 valence electrons. The number of aryl methyl sites for hydroxylation is 1. The zero-order valence-corrected chi connectivity index (χ0v) is 23.4. The van der Waals surface area contributed by atoms with Crippen LogP contribution in [0.25, 0.3) is 22.9 Å². The van der Waals surface area contributed by atoms with Crippen LogP contribution in [0.15, 0.2) is 84.4 Å². The number of nitrogens with one attached hydrogen (secondary N) is 1. The molecule has 1 aliphatic rings. The van der Waals surface area contributed by atoms with E-state index < -0.39 is 17.8 Å². The van der Waals surface area contributed by atoms with Crippen LogP contribution < -0.4 is 19.7 Å². The van der Waals surface area contributed by atoms with E-state index in [1.54, 1.807) is 25.1 Å². The summed E-state index contributed by atoms with van der Waals surface area (Å²) in [6.07, 6.45) is 1.53. The Morgan fingerprint density at radius 3 is 2.17 bits per heavy atom. The summed E-state index contributed by atoms with van der Waals surface area (Å²) in [5, 5.41) is 2.30. The van der Waals surface area contributed by atoms with Gasteiger partial charge in [0.2, 0.25) is 0 Å². The molecule has 0 spiro atoms. The van der Waals surface area contributed by atoms with Crippen LogP contribution in [0.3, 0.4) is 0 Å². The zero-order chi connectivity index (χ0) is 29.1. The number of barbiturate groups is 1. The van der Waals surface area contributed by atoms with Crippen LogP contribution in [0, 0.1) is 13.8 Å². The van der Waals surface area contributed by atoms with Crippen LogP contribution >= 0.6 is 0 Å². The van der Waals surface area contributed by atoms with Gasteiger partial charge >= 0.3 is 6.03 Å². The number of amides is 4. The average Bonchev–Trinajstić information content (AvgIpc) is 3.25. The van der Waals surface area contributed by atoms with Crippen LogP contribution in [0.1, 0.15) is 30.8 Å². The number of urea groups is 1. The highest BCUT2D eigenvalue weighted by atomic mass is 16.5. The van der Waals surface area contributed by atoms with E-state index >= 15 is 0 Å². The van der Waals surface area contributed by atoms with Gasteiger partial charge in [-0.15, -0.1) is 0 Å². The Kier molecular flexibility index (Phi) is 7.74. The second kappa shape index (κ2) is 11.6. The Bertz CT molecular complexity index is 1650. The van der Waals surface area contributed by atoms with Crippen LogP contribution in [-0.4, -0.2) is 35.6 Å². The van der Waals surface area contributed by atoms with Crippen molar-refractivity contribution in [2.45, 2.75) is 27.7 Å². The summed E-state index contributed by atoms with van der Waals surface area (Å²) in [6.45, 7) is 8.26. The predicted octanol–water partition coefficient (Wildman–Crippen LogP) is 6.22. The molecule has 2 heterocycles. The number of benzene rings is 3. The molecular formula is C33H31N3O5. The summed E-state index contributed by atoms with van der Waals surface area (Å²) in [6, 6.07) is 24.3. The molecule has 41 heavy (non-hydrogen) atoms. The van der Waals surface area contributed by atoms with E-state index in [2.05, 4.69) is 34.1 Å². The SMILES string of the molecule is CCOc1ccc(OCC)c(N2C(=O)NC(=O)/C(=C/c3cc(C)n(-c4ccc(-c5ccccc5)cc4)c3C)C2=O)c1. The minimum atomic E-state index is -0.851. The summed E-state index contributed by atoms with van der Waals surface area (Å²) < 4.78 is 13.3. The fraction of sp³-hybridized carbons (Fsp3) is 0.182. The van der Waals surface area contributed by atoms with Gasteiger partial charge in [-0.3, -0.25) is 14.9 Å². The number of anilines is 1. The third-order valence-corrected chi connectivity index (χ3v) is 6.89. The molecular weight excluding hydrogens is 518 g/mol. The second-order valence-electron chi connectivity index (χ2n) is 9.53. The van der Waals surface area contributed by atoms with Gasteiger partial charge in [0.05, 0.1) is 18.9 Å². The molecule has 0 aliphatic carbocycles. The van der Waals surface area contributed by atoms with Gasteiger partial charge in [-0.05, 0) is 80.8 Å². The smallest absolute Gasteiger partial charge is 0.336 e. The molecule has 1 aliphatic heterocycles. The lowest BCUT2D eigenvalue weighted by atomic mass is 10.1. The van der Waals surface area contributed by atoms with E-state index in [0.717, 1.165) is 33.1 Å². The predicted molar refractivity (Wildman–Crippen MR) is 158 cm³/mol. The Hall–Kier alpha value is -5.11. The third-order valence-electron chi connectivity index (χ3n) is 6.89. The normalized spacial score (nSPS) is 14.4. The van der Waals surface area contributed by atoms with Crippen molar-refractivity contribution in [3.05, 3.63) is 101 Å². The topological polar surface area (TPSA) is 89.9 Å². The van der Waals surface area contributed by atoms with Gasteiger partial charge in [0.25, 0.3) is 11.8 Å². The summed E-state index contributed by atoms with van der Waals surface area (Å²) in [7, 11) is 0. The monoisotopic (exact) mass is 549 g/mol. The minimum Gasteiger partial charge on any atom is -0.494 e. The number of ether oxygens (including phenoxy) is 2. The first-order valence-corrected chi connectivity index (χ1v) is 13.5. The van der Waals surface area contributed by atoms with Crippen molar-refractivity contribution in [2.75, 3.05) is 18.1 Å². The molecule has 5 rings (SSSR count). The van der Waals surface area contributed by atoms with Gasteiger partial charge in [-0.25, -0.2) is 9.69 Å². The third kappa shape index (κ3) is 5.36. The van der Waals surface area contributed by atoms with Crippen molar-refractivity contribution < 1.29 is 23.9 Å². The molecule has 0 saturated carbocycles. The molecule has 4 amide bonds. The highest BCUT2D eigenvalue weighted by Crippen LogP contribution is 2.35. The molecule has 1 N–H and O–H groups in total. The van der Waals surface area contributed by atoms with E-state index in [0.29, 0.717) is 30.3 Å². The first kappa shape index (κ1) is 27.5. The number of carbonyl (C=O) groups is 3. The number of nitrogens with zero attached hydrogens (tertiary/aromatic N) is 2. The first-order valence-electron chi connectivity index (χ1n) is 13.5. The van der Waals surface area contributed by atoms with Crippen LogP contribution in [-0.2, 0) is 9.59 Å². The van der Waals surface area contributed by atoms with E-state index in [9.17, 15) is 14.4 Å². The maximum absolute atomic E-state index is 13.7. The molecule has 0 radical (unpaired) electrons. The van der Waals surface area contributed by atoms with Crippen molar-refractivity contribution in [1.29, 1.82) is 0 Å². The molecule has 1 fully saturated rings. The lowest BCUT2D eigenvalue weighted by Gasteiger charge is -2.28. The summed E-state index contributed by atoms with van der Waals surface area (Å²) >= 11 is 0. The second-order valence-corrected chi connectivity index (χ2v) is 9.53. The number of hydrogen-bond acceptors (Lipinski definition) is 5. The van der Waals surface area contributed by atoms with Crippen LogP contribution in [0.2, 0.25) is 0 Å². The standard InChI is InChI=1S/C33H31N3O5/c1-5-40-27-16-17-30(41-6-2)29(20-27)36-32(38)28(31(37)34-33(36)39)19-25-18-21(3)35(22(25)4)26-14-12-24(13-15-26)23-10-8-7-9-11-23/h7-20H,5-6H2,1-4H3,(H,34,37,39)/b28-19-. The van der Waals surface area contributed by atoms with Crippen molar-refractivity contribution in [2.24, 2.45) is 0 Å². The lowest BCUT2D eigenvalue weighted by Crippen LogP contribution is -2.54. The van der Waals surface area contributed by atoms with Crippen molar-refractivity contribution in [3.8, 4) is 28.3 Å². The lowest BCUT2D eigenvalue weighted by molar-refractivity contribution is -0.122. The van der Waals surface area contributed by atoms with E-state index in [4.69, 9.17) is 9.47 Å². The van der Waals surface area contributed by atoms with Crippen LogP contribution in [0.5, 0.6) is 11.5 Å². The van der Waals surface area contributed by atoms with E-state index in [1.807, 2.05) is 57.2 Å². The molecule has 1 saturated heterocycles. The van der Waals surface area contributed by atoms with E-state index in [1.165, 1.54) is 6.08 Å². The summed E-state index contributed by atoms with van der Waals surface area (Å²) in [5.41, 5.74) is 5.70. The molecule has 0 bridgehead atoms. The number of imide groups is 2. The largest absolute Gasteiger partial charge is 0.494 e. The van der Waals surface area contributed by atoms with Gasteiger partial charge in [-0.2, -0.15) is 0 Å². The summed E-state index contributed by atoms with van der Waals surface area (Å²) in [5.74, 6) is -0.710. The van der Waals surface area contributed by atoms with Gasteiger partial charge in [0.15, 0.2) is 0 Å². The minimum absolute atomic E-state index is 0.159. The number of carbonyl (C=O) groups excluding carboxylic acids is 3. The van der Waals surface area contributed by atoms with Crippen molar-refractivity contribution >= 4 is 29.6 Å². The Morgan fingerprint density at radius 2 is 1.49 bits per heavy atom. The van der Waals surface area contributed by atoms with Gasteiger partial charge in [-0.1, -0.05) is 42.5 Å². The van der Waals surface area contributed by atoms with Gasteiger partial charge in [0.1, 0.15) is 17.1 Å². The first-order chi connectivity index (χ1) is 19.8. The Balaban J connectivity index is 1.51. The fourth-order valence-electron chi connectivity index (χ4n) is 5.00. The van der Waals surface area contributed by atoms with Crippen LogP contribution in [0.4, 0.5) is 10.5 Å². The Morgan fingerprint density at radius 1 is 0.805 bits per heavy atom. The summed E-state index contributed by atoms with van der Waals surface area (Å²) in [4.78, 5) is 40.4. The number of aromatic nitrogens is 1. The molecule has 0 unspecified atom stereocenters. The molecule has 0 atom stereocenters. The molecule has 8 nitrogen and oxygen atoms in total. The Labute approximate surface area is 238 Å². The van der Waals surface area contributed by atoms with Crippen molar-refractivity contribution in [1.82, 2.24) is 9.88 Å². The number of rotatable bonds is 8. The average molecular weight is 550 g/mol. The maximum atomic E-state index is 13.7. The quantitative estimate of drug-likeness (QED) is 0.208. The van der Waals surface area contributed by atoms with Gasteiger partial charge < -0.3 is 14.0 Å². The maximum Gasteiger partial charge on any atom is 0.336 e. The molecule has 4 aromatic rings. The molecule has 3 aromatic carbocycles. The highest BCUT2D eigenvalue weighted by molar-refractivity contribution is 6.39. The highest BCUT2D eigenvalue weighted by Gasteiger charge is 2.38. The zero-order valence-electron chi connectivity index (χ0n) is 23.4. The fourth-order valence-corrected chi connectivity index (χ4v) is 5.00. The molecule has 1 aromatic heterocycles.